The number of nitrogens with one attached hydrogen (secondary N) is 3. The number of amides is 3. The number of benzene rings is 3. The number of anilines is 2. The van der Waals surface area contributed by atoms with E-state index < -0.39 is 17.6 Å². The Labute approximate surface area is 202 Å². The molecule has 0 saturated heterocycles. The summed E-state index contributed by atoms with van der Waals surface area (Å²) in [6.07, 6.45) is 1.35. The molecule has 0 unspecified atom stereocenters. The molecule has 35 heavy (non-hydrogen) atoms. The van der Waals surface area contributed by atoms with Crippen LogP contribution in [0.4, 0.5) is 15.8 Å². The van der Waals surface area contributed by atoms with E-state index in [9.17, 15) is 18.8 Å². The monoisotopic (exact) mass is 476 g/mol. The molecule has 0 saturated carbocycles. The average molecular weight is 477 g/mol. The van der Waals surface area contributed by atoms with Crippen LogP contribution in [0.2, 0.25) is 0 Å². The van der Waals surface area contributed by atoms with E-state index in [1.54, 1.807) is 24.3 Å². The van der Waals surface area contributed by atoms with E-state index in [1.165, 1.54) is 18.3 Å². The van der Waals surface area contributed by atoms with E-state index in [-0.39, 0.29) is 18.2 Å². The predicted octanol–water partition coefficient (Wildman–Crippen LogP) is 3.86. The largest absolute Gasteiger partial charge is 0.484 e. The summed E-state index contributed by atoms with van der Waals surface area (Å²) in [5.41, 5.74) is 6.91. The summed E-state index contributed by atoms with van der Waals surface area (Å²) in [4.78, 5) is 36.0. The molecule has 8 nitrogen and oxygen atoms in total. The van der Waals surface area contributed by atoms with Crippen LogP contribution in [0.25, 0.3) is 0 Å². The molecule has 0 bridgehead atoms. The van der Waals surface area contributed by atoms with Crippen LogP contribution < -0.4 is 20.8 Å². The van der Waals surface area contributed by atoms with Gasteiger partial charge in [-0.2, -0.15) is 5.10 Å². The maximum atomic E-state index is 12.9. The summed E-state index contributed by atoms with van der Waals surface area (Å²) >= 11 is 0. The number of hydrogen-bond acceptors (Lipinski definition) is 5. The SMILES string of the molecule is Cc1cc(C)c(NC(=O)COc2ccc(/C=N\NC(=O)C(=O)Nc3ccc(F)cc3)cc2)c(C)c1. The van der Waals surface area contributed by atoms with Crippen molar-refractivity contribution in [3.8, 4) is 5.75 Å². The summed E-state index contributed by atoms with van der Waals surface area (Å²) in [5, 5.41) is 8.95. The number of hydrogen-bond donors (Lipinski definition) is 3. The average Bonchev–Trinajstić information content (AvgIpc) is 2.82. The third kappa shape index (κ3) is 7.50. The molecule has 0 aliphatic rings. The molecule has 3 aromatic carbocycles. The number of halogens is 1. The highest BCUT2D eigenvalue weighted by Crippen LogP contribution is 2.22. The van der Waals surface area contributed by atoms with Crippen LogP contribution in [0.3, 0.4) is 0 Å². The van der Waals surface area contributed by atoms with Gasteiger partial charge in [-0.3, -0.25) is 14.4 Å². The third-order valence-corrected chi connectivity index (χ3v) is 4.88. The molecule has 0 aromatic heterocycles. The molecule has 0 fully saturated rings. The molecule has 3 N–H and O–H groups in total. The van der Waals surface area contributed by atoms with E-state index in [4.69, 9.17) is 4.74 Å². The van der Waals surface area contributed by atoms with Gasteiger partial charge in [0.2, 0.25) is 0 Å². The second-order valence-electron chi connectivity index (χ2n) is 7.84. The summed E-state index contributed by atoms with van der Waals surface area (Å²) in [6, 6.07) is 15.7. The van der Waals surface area contributed by atoms with Gasteiger partial charge in [-0.1, -0.05) is 17.7 Å². The molecule has 0 atom stereocenters. The Morgan fingerprint density at radius 2 is 1.51 bits per heavy atom. The zero-order valence-corrected chi connectivity index (χ0v) is 19.5. The number of ether oxygens (including phenoxy) is 1. The van der Waals surface area contributed by atoms with Crippen molar-refractivity contribution in [3.05, 3.63) is 88.7 Å². The highest BCUT2D eigenvalue weighted by atomic mass is 19.1. The topological polar surface area (TPSA) is 109 Å². The first-order chi connectivity index (χ1) is 16.7. The molecule has 3 rings (SSSR count). The van der Waals surface area contributed by atoms with E-state index in [0.717, 1.165) is 34.5 Å². The number of rotatable bonds is 7. The van der Waals surface area contributed by atoms with Gasteiger partial charge in [-0.05, 0) is 86.0 Å². The molecule has 0 aliphatic heterocycles. The maximum absolute atomic E-state index is 12.9. The zero-order valence-electron chi connectivity index (χ0n) is 19.5. The minimum Gasteiger partial charge on any atom is -0.484 e. The number of carbonyl (C=O) groups excluding carboxylic acids is 3. The smallest absolute Gasteiger partial charge is 0.329 e. The lowest BCUT2D eigenvalue weighted by Crippen LogP contribution is -2.32. The third-order valence-electron chi connectivity index (χ3n) is 4.88. The lowest BCUT2D eigenvalue weighted by Gasteiger charge is -2.13. The molecule has 0 spiro atoms. The lowest BCUT2D eigenvalue weighted by atomic mass is 10.1. The van der Waals surface area contributed by atoms with E-state index >= 15 is 0 Å². The molecule has 180 valence electrons. The first-order valence-corrected chi connectivity index (χ1v) is 10.7. The second-order valence-corrected chi connectivity index (χ2v) is 7.84. The Kier molecular flexibility index (Phi) is 8.29. The molecule has 0 heterocycles. The fraction of sp³-hybridized carbons (Fsp3) is 0.154. The van der Waals surface area contributed by atoms with Gasteiger partial charge in [0.05, 0.1) is 6.21 Å². The van der Waals surface area contributed by atoms with Crippen LogP contribution in [0.15, 0.2) is 65.8 Å². The van der Waals surface area contributed by atoms with Crippen LogP contribution in [0.1, 0.15) is 22.3 Å². The quantitative estimate of drug-likeness (QED) is 0.273. The Balaban J connectivity index is 1.45. The molecule has 3 aromatic rings. The highest BCUT2D eigenvalue weighted by Gasteiger charge is 2.13. The molecule has 3 amide bonds. The van der Waals surface area contributed by atoms with Crippen LogP contribution in [-0.2, 0) is 14.4 Å². The standard InChI is InChI=1S/C26H25FN4O4/c1-16-12-17(2)24(18(3)13-16)30-23(32)15-35-22-10-4-19(5-11-22)14-28-31-26(34)25(33)29-21-8-6-20(27)7-9-21/h4-14H,15H2,1-3H3,(H,29,33)(H,30,32)(H,31,34)/b28-14-. The molecule has 0 radical (unpaired) electrons. The fourth-order valence-electron chi connectivity index (χ4n) is 3.29. The van der Waals surface area contributed by atoms with E-state index in [1.807, 2.05) is 32.9 Å². The first kappa shape index (κ1) is 25.1. The van der Waals surface area contributed by atoms with E-state index in [0.29, 0.717) is 11.3 Å². The predicted molar refractivity (Wildman–Crippen MR) is 132 cm³/mol. The van der Waals surface area contributed by atoms with Gasteiger partial charge in [0.1, 0.15) is 11.6 Å². The lowest BCUT2D eigenvalue weighted by molar-refractivity contribution is -0.136. The maximum Gasteiger partial charge on any atom is 0.329 e. The van der Waals surface area contributed by atoms with Gasteiger partial charge in [-0.25, -0.2) is 9.82 Å². The Morgan fingerprint density at radius 3 is 2.14 bits per heavy atom. The van der Waals surface area contributed by atoms with E-state index in [2.05, 4.69) is 21.2 Å². The molecular formula is C26H25FN4O4. The normalized spacial score (nSPS) is 10.6. The van der Waals surface area contributed by atoms with Crippen molar-refractivity contribution in [3.63, 3.8) is 0 Å². The second kappa shape index (κ2) is 11.6. The summed E-state index contributed by atoms with van der Waals surface area (Å²) in [5.74, 6) is -2.16. The van der Waals surface area contributed by atoms with Crippen molar-refractivity contribution >= 4 is 35.3 Å². The van der Waals surface area contributed by atoms with Gasteiger partial charge < -0.3 is 15.4 Å². The van der Waals surface area contributed by atoms with Crippen molar-refractivity contribution in [1.29, 1.82) is 0 Å². The Hall–Kier alpha value is -4.53. The van der Waals surface area contributed by atoms with Crippen molar-refractivity contribution in [2.24, 2.45) is 5.10 Å². The highest BCUT2D eigenvalue weighted by molar-refractivity contribution is 6.39. The summed E-state index contributed by atoms with van der Waals surface area (Å²) in [6.45, 7) is 5.73. The van der Waals surface area contributed by atoms with Crippen LogP contribution >= 0.6 is 0 Å². The van der Waals surface area contributed by atoms with Gasteiger partial charge in [0.25, 0.3) is 5.91 Å². The first-order valence-electron chi connectivity index (χ1n) is 10.7. The van der Waals surface area contributed by atoms with Crippen molar-refractivity contribution in [2.75, 3.05) is 17.2 Å². The minimum absolute atomic E-state index is 0.153. The van der Waals surface area contributed by atoms with Gasteiger partial charge >= 0.3 is 11.8 Å². The number of hydrazone groups is 1. The Morgan fingerprint density at radius 1 is 0.886 bits per heavy atom. The number of carbonyl (C=O) groups is 3. The molecular weight excluding hydrogens is 451 g/mol. The van der Waals surface area contributed by atoms with Crippen molar-refractivity contribution < 1.29 is 23.5 Å². The van der Waals surface area contributed by atoms with Gasteiger partial charge in [-0.15, -0.1) is 0 Å². The van der Waals surface area contributed by atoms with Crippen LogP contribution in [0, 0.1) is 26.6 Å². The molecule has 0 aliphatic carbocycles. The minimum atomic E-state index is -0.976. The number of nitrogens with zero attached hydrogens (tertiary/aromatic N) is 1. The van der Waals surface area contributed by atoms with Gasteiger partial charge in [0.15, 0.2) is 6.61 Å². The van der Waals surface area contributed by atoms with Crippen molar-refractivity contribution in [1.82, 2.24) is 5.43 Å². The summed E-state index contributed by atoms with van der Waals surface area (Å²) < 4.78 is 18.4. The van der Waals surface area contributed by atoms with Gasteiger partial charge in [0, 0.05) is 11.4 Å². The fourth-order valence-corrected chi connectivity index (χ4v) is 3.29. The summed E-state index contributed by atoms with van der Waals surface area (Å²) in [7, 11) is 0. The molecule has 9 heteroatoms. The Bertz CT molecular complexity index is 1230. The zero-order chi connectivity index (χ0) is 25.4. The van der Waals surface area contributed by atoms with Crippen molar-refractivity contribution in [2.45, 2.75) is 20.8 Å². The van der Waals surface area contributed by atoms with Crippen LogP contribution in [0.5, 0.6) is 5.75 Å². The number of aryl methyl sites for hydroxylation is 3. The van der Waals surface area contributed by atoms with Crippen LogP contribution in [-0.4, -0.2) is 30.5 Å².